The van der Waals surface area contributed by atoms with Crippen LogP contribution in [0.25, 0.3) is 0 Å². The number of hydrogen-bond donors (Lipinski definition) is 1. The molecule has 0 radical (unpaired) electrons. The largest absolute Gasteiger partial charge is 0.385 e. The lowest BCUT2D eigenvalue weighted by atomic mass is 9.76. The number of rotatable bonds is 1. The van der Waals surface area contributed by atoms with Gasteiger partial charge in [-0.25, -0.2) is 4.39 Å². The quantitative estimate of drug-likeness (QED) is 0.814. The summed E-state index contributed by atoms with van der Waals surface area (Å²) in [5.74, 6) is -0.320. The molecule has 1 aliphatic carbocycles. The van der Waals surface area contributed by atoms with Gasteiger partial charge in [-0.3, -0.25) is 0 Å². The van der Waals surface area contributed by atoms with Crippen LogP contribution in [-0.4, -0.2) is 5.11 Å². The molecule has 1 nitrogen and oxygen atoms in total. The molecule has 92 valence electrons. The molecule has 3 rings (SSSR count). The van der Waals surface area contributed by atoms with E-state index >= 15 is 0 Å². The van der Waals surface area contributed by atoms with Gasteiger partial charge in [0.25, 0.3) is 0 Å². The van der Waals surface area contributed by atoms with E-state index in [9.17, 15) is 9.50 Å². The Morgan fingerprint density at radius 1 is 0.944 bits per heavy atom. The Morgan fingerprint density at radius 3 is 2.39 bits per heavy atom. The Kier molecular flexibility index (Phi) is 2.67. The Hall–Kier alpha value is -1.67. The highest BCUT2D eigenvalue weighted by atomic mass is 19.1. The molecule has 2 aromatic carbocycles. The first-order chi connectivity index (χ1) is 8.69. The first-order valence-electron chi connectivity index (χ1n) is 6.23. The molecule has 0 fully saturated rings. The summed E-state index contributed by atoms with van der Waals surface area (Å²) in [6, 6.07) is 14.6. The number of aryl methyl sites for hydroxylation is 1. The average Bonchev–Trinajstić information content (AvgIpc) is 2.39. The predicted octanol–water partition coefficient (Wildman–Crippen LogP) is 3.20. The SMILES string of the molecule is OC1(c2ccccc2F)CCc2ccccc2C1. The summed E-state index contributed by atoms with van der Waals surface area (Å²) >= 11 is 0. The van der Waals surface area contributed by atoms with Crippen molar-refractivity contribution in [1.29, 1.82) is 0 Å². The van der Waals surface area contributed by atoms with E-state index in [1.54, 1.807) is 18.2 Å². The fourth-order valence-electron chi connectivity index (χ4n) is 2.79. The van der Waals surface area contributed by atoms with Crippen LogP contribution >= 0.6 is 0 Å². The van der Waals surface area contributed by atoms with Crippen molar-refractivity contribution < 1.29 is 9.50 Å². The van der Waals surface area contributed by atoms with Gasteiger partial charge >= 0.3 is 0 Å². The summed E-state index contributed by atoms with van der Waals surface area (Å²) in [5, 5.41) is 10.7. The van der Waals surface area contributed by atoms with Crippen molar-refractivity contribution in [3.8, 4) is 0 Å². The number of halogens is 1. The zero-order valence-corrected chi connectivity index (χ0v) is 10.1. The van der Waals surface area contributed by atoms with E-state index in [0.29, 0.717) is 18.4 Å². The fraction of sp³-hybridized carbons (Fsp3) is 0.250. The van der Waals surface area contributed by atoms with Crippen molar-refractivity contribution in [3.05, 3.63) is 71.0 Å². The summed E-state index contributed by atoms with van der Waals surface area (Å²) in [7, 11) is 0. The van der Waals surface area contributed by atoms with Gasteiger partial charge in [0.1, 0.15) is 5.82 Å². The molecule has 1 unspecified atom stereocenters. The third-order valence-corrected chi connectivity index (χ3v) is 3.78. The van der Waals surface area contributed by atoms with E-state index in [4.69, 9.17) is 0 Å². The molecule has 18 heavy (non-hydrogen) atoms. The molecule has 1 aliphatic rings. The number of fused-ring (bicyclic) bond motifs is 1. The highest BCUT2D eigenvalue weighted by Crippen LogP contribution is 2.37. The van der Waals surface area contributed by atoms with E-state index in [1.165, 1.54) is 11.6 Å². The summed E-state index contributed by atoms with van der Waals surface area (Å²) in [6.45, 7) is 0. The Morgan fingerprint density at radius 2 is 1.61 bits per heavy atom. The fourth-order valence-corrected chi connectivity index (χ4v) is 2.79. The topological polar surface area (TPSA) is 20.2 Å². The second kappa shape index (κ2) is 4.21. The first-order valence-corrected chi connectivity index (χ1v) is 6.23. The normalized spacial score (nSPS) is 22.6. The minimum atomic E-state index is -1.07. The van der Waals surface area contributed by atoms with Crippen LogP contribution in [0.4, 0.5) is 4.39 Å². The maximum Gasteiger partial charge on any atom is 0.129 e. The molecule has 1 atom stereocenters. The molecular formula is C16H15FO. The number of hydrogen-bond acceptors (Lipinski definition) is 1. The van der Waals surface area contributed by atoms with Gasteiger partial charge in [0.2, 0.25) is 0 Å². The van der Waals surface area contributed by atoms with Gasteiger partial charge in [-0.2, -0.15) is 0 Å². The molecule has 0 saturated heterocycles. The lowest BCUT2D eigenvalue weighted by molar-refractivity contribution is 0.0188. The maximum absolute atomic E-state index is 13.8. The van der Waals surface area contributed by atoms with Crippen molar-refractivity contribution in [2.24, 2.45) is 0 Å². The van der Waals surface area contributed by atoms with Crippen LogP contribution < -0.4 is 0 Å². The highest BCUT2D eigenvalue weighted by molar-refractivity contribution is 5.36. The van der Waals surface area contributed by atoms with E-state index in [2.05, 4.69) is 6.07 Å². The minimum Gasteiger partial charge on any atom is -0.385 e. The number of aliphatic hydroxyl groups is 1. The van der Waals surface area contributed by atoms with E-state index in [0.717, 1.165) is 12.0 Å². The first kappa shape index (κ1) is 11.4. The zero-order chi connectivity index (χ0) is 12.6. The van der Waals surface area contributed by atoms with Gasteiger partial charge in [-0.1, -0.05) is 42.5 Å². The second-order valence-electron chi connectivity index (χ2n) is 4.96. The summed E-state index contributed by atoms with van der Waals surface area (Å²) < 4.78 is 13.8. The van der Waals surface area contributed by atoms with Crippen molar-refractivity contribution in [2.45, 2.75) is 24.9 Å². The zero-order valence-electron chi connectivity index (χ0n) is 10.1. The van der Waals surface area contributed by atoms with Crippen LogP contribution in [-0.2, 0) is 18.4 Å². The van der Waals surface area contributed by atoms with Crippen molar-refractivity contribution in [2.75, 3.05) is 0 Å². The molecule has 2 aromatic rings. The minimum absolute atomic E-state index is 0.320. The third kappa shape index (κ3) is 1.83. The summed E-state index contributed by atoms with van der Waals surface area (Å²) in [5.41, 5.74) is 1.73. The smallest absolute Gasteiger partial charge is 0.129 e. The van der Waals surface area contributed by atoms with Crippen molar-refractivity contribution >= 4 is 0 Å². The van der Waals surface area contributed by atoms with Crippen LogP contribution in [0.2, 0.25) is 0 Å². The third-order valence-electron chi connectivity index (χ3n) is 3.78. The van der Waals surface area contributed by atoms with Crippen LogP contribution in [0, 0.1) is 5.82 Å². The van der Waals surface area contributed by atoms with Gasteiger partial charge in [-0.05, 0) is 30.0 Å². The molecule has 0 saturated carbocycles. The molecule has 0 aliphatic heterocycles. The van der Waals surface area contributed by atoms with Crippen LogP contribution in [0.1, 0.15) is 23.1 Å². The Labute approximate surface area is 106 Å². The standard InChI is InChI=1S/C16H15FO/c17-15-8-4-3-7-14(15)16(18)10-9-12-5-1-2-6-13(12)11-16/h1-8,18H,9-11H2. The average molecular weight is 242 g/mol. The number of benzene rings is 2. The lowest BCUT2D eigenvalue weighted by Crippen LogP contribution is -2.34. The van der Waals surface area contributed by atoms with Gasteiger partial charge in [0.05, 0.1) is 5.60 Å². The van der Waals surface area contributed by atoms with Gasteiger partial charge in [-0.15, -0.1) is 0 Å². The van der Waals surface area contributed by atoms with Gasteiger partial charge < -0.3 is 5.11 Å². The van der Waals surface area contributed by atoms with Crippen LogP contribution in [0.3, 0.4) is 0 Å². The summed E-state index contributed by atoms with van der Waals surface area (Å²) in [6.07, 6.45) is 1.86. The highest BCUT2D eigenvalue weighted by Gasteiger charge is 2.35. The molecule has 0 bridgehead atoms. The van der Waals surface area contributed by atoms with Crippen LogP contribution in [0.5, 0.6) is 0 Å². The molecular weight excluding hydrogens is 227 g/mol. The van der Waals surface area contributed by atoms with E-state index in [-0.39, 0.29) is 5.82 Å². The monoisotopic (exact) mass is 242 g/mol. The van der Waals surface area contributed by atoms with Gasteiger partial charge in [0, 0.05) is 12.0 Å². The van der Waals surface area contributed by atoms with Crippen LogP contribution in [0.15, 0.2) is 48.5 Å². The van der Waals surface area contributed by atoms with Gasteiger partial charge in [0.15, 0.2) is 0 Å². The molecule has 0 aromatic heterocycles. The lowest BCUT2D eigenvalue weighted by Gasteiger charge is -2.34. The maximum atomic E-state index is 13.8. The molecule has 2 heteroatoms. The molecule has 0 spiro atoms. The molecule has 1 N–H and O–H groups in total. The summed E-state index contributed by atoms with van der Waals surface area (Å²) in [4.78, 5) is 0. The Bertz CT molecular complexity index is 579. The van der Waals surface area contributed by atoms with E-state index < -0.39 is 5.60 Å². The second-order valence-corrected chi connectivity index (χ2v) is 4.96. The molecule has 0 heterocycles. The van der Waals surface area contributed by atoms with E-state index in [1.807, 2.05) is 18.2 Å². The van der Waals surface area contributed by atoms with Crippen molar-refractivity contribution in [1.82, 2.24) is 0 Å². The Balaban J connectivity index is 2.02. The molecule has 0 amide bonds. The van der Waals surface area contributed by atoms with Crippen molar-refractivity contribution in [3.63, 3.8) is 0 Å². The predicted molar refractivity (Wildman–Crippen MR) is 68.8 cm³/mol.